The van der Waals surface area contributed by atoms with E-state index < -0.39 is 22.8 Å². The molecule has 5 heteroatoms. The highest BCUT2D eigenvalue weighted by atomic mass is 16.4. The molecule has 0 unspecified atom stereocenters. The number of allylic oxidation sites excluding steroid dienone is 1. The van der Waals surface area contributed by atoms with Crippen LogP contribution in [0.15, 0.2) is 11.6 Å². The predicted molar refractivity (Wildman–Crippen MR) is 135 cm³/mol. The zero-order valence-corrected chi connectivity index (χ0v) is 22.6. The van der Waals surface area contributed by atoms with Gasteiger partial charge >= 0.3 is 11.9 Å². The van der Waals surface area contributed by atoms with Gasteiger partial charge in [-0.05, 0) is 111 Å². The first-order valence-corrected chi connectivity index (χ1v) is 13.9. The van der Waals surface area contributed by atoms with Crippen molar-refractivity contribution in [2.75, 3.05) is 0 Å². The van der Waals surface area contributed by atoms with E-state index in [0.29, 0.717) is 25.2 Å². The van der Waals surface area contributed by atoms with E-state index in [1.807, 2.05) is 6.92 Å². The molecular formula is C30H46O5. The Hall–Kier alpha value is -1.36. The van der Waals surface area contributed by atoms with E-state index in [1.165, 1.54) is 0 Å². The topological polar surface area (TPSA) is 94.8 Å². The Bertz CT molecular complexity index is 983. The second-order valence-electron chi connectivity index (χ2n) is 14.8. The van der Waals surface area contributed by atoms with Crippen LogP contribution in [0.3, 0.4) is 0 Å². The summed E-state index contributed by atoms with van der Waals surface area (Å²) in [5, 5.41) is 32.0. The minimum Gasteiger partial charge on any atom is -0.481 e. The molecule has 5 nitrogen and oxygen atoms in total. The highest BCUT2D eigenvalue weighted by molar-refractivity contribution is 5.82. The molecule has 5 rings (SSSR count). The van der Waals surface area contributed by atoms with E-state index in [1.54, 1.807) is 0 Å². The van der Waals surface area contributed by atoms with Crippen LogP contribution in [0, 0.1) is 50.2 Å². The van der Waals surface area contributed by atoms with Gasteiger partial charge in [0, 0.05) is 0 Å². The summed E-state index contributed by atoms with van der Waals surface area (Å²) in [7, 11) is 0. The fourth-order valence-corrected chi connectivity index (χ4v) is 10.7. The average molecular weight is 487 g/mol. The molecule has 9 atom stereocenters. The van der Waals surface area contributed by atoms with Gasteiger partial charge in [0.25, 0.3) is 0 Å². The first-order chi connectivity index (χ1) is 16.1. The maximum Gasteiger partial charge on any atom is 0.314 e. The van der Waals surface area contributed by atoms with Crippen molar-refractivity contribution in [3.63, 3.8) is 0 Å². The van der Waals surface area contributed by atoms with Gasteiger partial charge in [-0.1, -0.05) is 46.3 Å². The van der Waals surface area contributed by atoms with Crippen molar-refractivity contribution in [2.45, 2.75) is 112 Å². The Balaban J connectivity index is 1.64. The van der Waals surface area contributed by atoms with Gasteiger partial charge in [0.1, 0.15) is 0 Å². The zero-order valence-electron chi connectivity index (χ0n) is 22.6. The molecule has 35 heavy (non-hydrogen) atoms. The SMILES string of the molecule is CC1(C)[C@H](O)CC[C@]2(C)[C@H]3CC=C4[C@@H]5C[C@](C)(C(=O)O)CC[C@]5(C)CC[C@@]4(C(=O)O)[C@]3(C)CC[C@@H]12. The normalized spacial score (nSPS) is 52.7. The predicted octanol–water partition coefficient (Wildman–Crippen LogP) is 6.30. The molecule has 5 aliphatic rings. The molecule has 0 spiro atoms. The number of carboxylic acids is 2. The van der Waals surface area contributed by atoms with Gasteiger partial charge in [0.05, 0.1) is 16.9 Å². The van der Waals surface area contributed by atoms with Crippen molar-refractivity contribution in [1.82, 2.24) is 0 Å². The summed E-state index contributed by atoms with van der Waals surface area (Å²) in [5.41, 5.74) is -1.24. The van der Waals surface area contributed by atoms with Crippen LogP contribution in [0.25, 0.3) is 0 Å². The van der Waals surface area contributed by atoms with E-state index in [4.69, 9.17) is 0 Å². The molecule has 4 fully saturated rings. The quantitative estimate of drug-likeness (QED) is 0.398. The molecular weight excluding hydrogens is 440 g/mol. The average Bonchev–Trinajstić information content (AvgIpc) is 2.76. The minimum atomic E-state index is -0.926. The number of carboxylic acid groups (broad SMARTS) is 2. The van der Waals surface area contributed by atoms with Gasteiger partial charge in [0.15, 0.2) is 0 Å². The van der Waals surface area contributed by atoms with Crippen molar-refractivity contribution in [2.24, 2.45) is 50.2 Å². The smallest absolute Gasteiger partial charge is 0.314 e. The number of aliphatic hydroxyl groups excluding tert-OH is 1. The Morgan fingerprint density at radius 3 is 2.11 bits per heavy atom. The maximum absolute atomic E-state index is 13.5. The maximum atomic E-state index is 13.5. The van der Waals surface area contributed by atoms with Crippen LogP contribution < -0.4 is 0 Å². The zero-order chi connectivity index (χ0) is 25.8. The first kappa shape index (κ1) is 25.3. The molecule has 0 amide bonds. The van der Waals surface area contributed by atoms with E-state index in [0.717, 1.165) is 50.5 Å². The molecule has 0 aromatic heterocycles. The van der Waals surface area contributed by atoms with Crippen LogP contribution >= 0.6 is 0 Å². The number of hydrogen-bond acceptors (Lipinski definition) is 3. The summed E-state index contributed by atoms with van der Waals surface area (Å²) < 4.78 is 0. The largest absolute Gasteiger partial charge is 0.481 e. The molecule has 0 bridgehead atoms. The number of aliphatic carboxylic acids is 2. The van der Waals surface area contributed by atoms with Gasteiger partial charge in [-0.25, -0.2) is 0 Å². The van der Waals surface area contributed by atoms with E-state index in [2.05, 4.69) is 40.7 Å². The third kappa shape index (κ3) is 2.97. The molecule has 0 saturated heterocycles. The van der Waals surface area contributed by atoms with Crippen molar-refractivity contribution in [3.05, 3.63) is 11.6 Å². The van der Waals surface area contributed by atoms with Crippen molar-refractivity contribution in [1.29, 1.82) is 0 Å². The van der Waals surface area contributed by atoms with E-state index in [-0.39, 0.29) is 39.6 Å². The summed E-state index contributed by atoms with van der Waals surface area (Å²) in [5.74, 6) is -0.814. The lowest BCUT2D eigenvalue weighted by Crippen LogP contribution is -2.67. The van der Waals surface area contributed by atoms with E-state index in [9.17, 15) is 24.9 Å². The lowest BCUT2D eigenvalue weighted by atomic mass is 9.33. The van der Waals surface area contributed by atoms with Gasteiger partial charge in [-0.3, -0.25) is 9.59 Å². The summed E-state index contributed by atoms with van der Waals surface area (Å²) in [4.78, 5) is 25.7. The highest BCUT2D eigenvalue weighted by Crippen LogP contribution is 2.75. The van der Waals surface area contributed by atoms with Crippen LogP contribution in [-0.2, 0) is 9.59 Å². The number of hydrogen-bond donors (Lipinski definition) is 3. The molecule has 0 radical (unpaired) electrons. The minimum absolute atomic E-state index is 0.00937. The number of fused-ring (bicyclic) bond motifs is 7. The third-order valence-corrected chi connectivity index (χ3v) is 13.1. The molecule has 0 heterocycles. The Labute approximate surface area is 210 Å². The highest BCUT2D eigenvalue weighted by Gasteiger charge is 2.72. The lowest BCUT2D eigenvalue weighted by molar-refractivity contribution is -0.214. The lowest BCUT2D eigenvalue weighted by Gasteiger charge is -2.70. The Kier molecular flexibility index (Phi) is 5.32. The molecule has 3 N–H and O–H groups in total. The molecule has 4 saturated carbocycles. The molecule has 5 aliphatic carbocycles. The number of rotatable bonds is 2. The summed E-state index contributed by atoms with van der Waals surface area (Å²) in [6, 6.07) is 0. The van der Waals surface area contributed by atoms with Crippen LogP contribution in [0.5, 0.6) is 0 Å². The van der Waals surface area contributed by atoms with Crippen molar-refractivity contribution in [3.8, 4) is 0 Å². The van der Waals surface area contributed by atoms with Crippen molar-refractivity contribution >= 4 is 11.9 Å². The summed E-state index contributed by atoms with van der Waals surface area (Å²) in [6.45, 7) is 13.2. The monoisotopic (exact) mass is 486 g/mol. The fourth-order valence-electron chi connectivity index (χ4n) is 10.7. The molecule has 196 valence electrons. The number of aliphatic hydroxyl groups is 1. The van der Waals surface area contributed by atoms with Crippen LogP contribution in [0.4, 0.5) is 0 Å². The summed E-state index contributed by atoms with van der Waals surface area (Å²) in [6.07, 6.45) is 9.94. The van der Waals surface area contributed by atoms with Gasteiger partial charge in [0.2, 0.25) is 0 Å². The second kappa shape index (κ2) is 7.36. The van der Waals surface area contributed by atoms with Crippen LogP contribution in [-0.4, -0.2) is 33.4 Å². The molecule has 0 aliphatic heterocycles. The standard InChI is InChI=1S/C30H46O5/c1-25(2)20-9-12-29(6)21(28(20,5)11-10-22(25)31)8-7-18-19-17-27(4,23(32)33)14-13-26(19,3)15-16-30(18,29)24(34)35/h7,19-22,31H,8-17H2,1-6H3,(H,32,33)(H,34,35)/t19-,20-,21+,22+,26+,27+,28-,29+,30+/m0/s1. The number of carbonyl (C=O) groups is 2. The summed E-state index contributed by atoms with van der Waals surface area (Å²) >= 11 is 0. The van der Waals surface area contributed by atoms with Gasteiger partial charge < -0.3 is 15.3 Å². The fraction of sp³-hybridized carbons (Fsp3) is 0.867. The van der Waals surface area contributed by atoms with Crippen molar-refractivity contribution < 1.29 is 24.9 Å². The Morgan fingerprint density at radius 1 is 0.829 bits per heavy atom. The van der Waals surface area contributed by atoms with E-state index >= 15 is 0 Å². The molecule has 0 aromatic carbocycles. The third-order valence-electron chi connectivity index (χ3n) is 13.1. The molecule has 0 aromatic rings. The second-order valence-corrected chi connectivity index (χ2v) is 14.8. The first-order valence-electron chi connectivity index (χ1n) is 13.9. The van der Waals surface area contributed by atoms with Crippen LogP contribution in [0.1, 0.15) is 106 Å². The van der Waals surface area contributed by atoms with Gasteiger partial charge in [-0.15, -0.1) is 0 Å². The Morgan fingerprint density at radius 2 is 1.49 bits per heavy atom. The van der Waals surface area contributed by atoms with Crippen LogP contribution in [0.2, 0.25) is 0 Å². The van der Waals surface area contributed by atoms with Gasteiger partial charge in [-0.2, -0.15) is 0 Å².